The highest BCUT2D eigenvalue weighted by atomic mass is 35.5. The van der Waals surface area contributed by atoms with E-state index in [2.05, 4.69) is 4.98 Å². The van der Waals surface area contributed by atoms with Crippen molar-refractivity contribution in [3.63, 3.8) is 0 Å². The van der Waals surface area contributed by atoms with E-state index in [1.54, 1.807) is 17.8 Å². The summed E-state index contributed by atoms with van der Waals surface area (Å²) in [7, 11) is 0. The van der Waals surface area contributed by atoms with E-state index < -0.39 is 5.82 Å². The SMILES string of the molecule is CSCCn1c(C(C)Cl)nc2cc(F)c(Cl)cc21. The van der Waals surface area contributed by atoms with E-state index in [0.29, 0.717) is 5.52 Å². The van der Waals surface area contributed by atoms with Crippen molar-refractivity contribution in [1.82, 2.24) is 9.55 Å². The zero-order valence-electron chi connectivity index (χ0n) is 10.1. The first-order valence-electron chi connectivity index (χ1n) is 5.52. The Morgan fingerprint density at radius 3 is 2.83 bits per heavy atom. The molecule has 98 valence electrons. The van der Waals surface area contributed by atoms with Crippen LogP contribution in [0.2, 0.25) is 5.02 Å². The van der Waals surface area contributed by atoms with Crippen LogP contribution in [-0.4, -0.2) is 21.6 Å². The van der Waals surface area contributed by atoms with Crippen LogP contribution in [0.4, 0.5) is 4.39 Å². The third kappa shape index (κ3) is 2.60. The molecule has 0 amide bonds. The van der Waals surface area contributed by atoms with E-state index in [1.807, 2.05) is 17.7 Å². The summed E-state index contributed by atoms with van der Waals surface area (Å²) in [5.41, 5.74) is 1.43. The number of imidazole rings is 1. The van der Waals surface area contributed by atoms with Gasteiger partial charge in [-0.25, -0.2) is 9.37 Å². The summed E-state index contributed by atoms with van der Waals surface area (Å²) in [6, 6.07) is 2.97. The smallest absolute Gasteiger partial charge is 0.144 e. The molecule has 2 nitrogen and oxygen atoms in total. The minimum atomic E-state index is -0.451. The third-order valence-electron chi connectivity index (χ3n) is 2.69. The number of benzene rings is 1. The molecule has 6 heteroatoms. The number of alkyl halides is 1. The van der Waals surface area contributed by atoms with Crippen LogP contribution in [0.25, 0.3) is 11.0 Å². The molecule has 0 saturated carbocycles. The lowest BCUT2D eigenvalue weighted by Crippen LogP contribution is -2.06. The lowest BCUT2D eigenvalue weighted by atomic mass is 10.3. The summed E-state index contributed by atoms with van der Waals surface area (Å²) < 4.78 is 15.4. The van der Waals surface area contributed by atoms with E-state index in [-0.39, 0.29) is 10.4 Å². The molecule has 1 aromatic heterocycles. The predicted molar refractivity (Wildman–Crippen MR) is 77.4 cm³/mol. The fourth-order valence-corrected chi connectivity index (χ4v) is 2.55. The van der Waals surface area contributed by atoms with Crippen LogP contribution in [0.1, 0.15) is 18.1 Å². The van der Waals surface area contributed by atoms with Gasteiger partial charge in [0.05, 0.1) is 21.4 Å². The second-order valence-corrected chi connectivity index (χ2v) is 6.03. The molecule has 1 aromatic carbocycles. The van der Waals surface area contributed by atoms with Gasteiger partial charge in [0.25, 0.3) is 0 Å². The monoisotopic (exact) mass is 306 g/mol. The molecule has 2 aromatic rings. The maximum atomic E-state index is 13.4. The van der Waals surface area contributed by atoms with E-state index in [1.165, 1.54) is 6.07 Å². The summed E-state index contributed by atoms with van der Waals surface area (Å²) >= 11 is 13.7. The van der Waals surface area contributed by atoms with Crippen LogP contribution in [-0.2, 0) is 6.54 Å². The Bertz CT molecular complexity index is 569. The molecule has 0 fully saturated rings. The van der Waals surface area contributed by atoms with Crippen molar-refractivity contribution < 1.29 is 4.39 Å². The molecular weight excluding hydrogens is 294 g/mol. The van der Waals surface area contributed by atoms with Crippen molar-refractivity contribution in [2.75, 3.05) is 12.0 Å². The van der Waals surface area contributed by atoms with Gasteiger partial charge in [-0.3, -0.25) is 0 Å². The number of thioether (sulfide) groups is 1. The number of fused-ring (bicyclic) bond motifs is 1. The van der Waals surface area contributed by atoms with Gasteiger partial charge in [0.2, 0.25) is 0 Å². The van der Waals surface area contributed by atoms with E-state index >= 15 is 0 Å². The largest absolute Gasteiger partial charge is 0.326 e. The molecule has 0 aliphatic carbocycles. The first-order chi connectivity index (χ1) is 8.54. The standard InChI is InChI=1S/C12H13Cl2FN2S/c1-7(13)12-16-10-6-9(15)8(14)5-11(10)17(12)3-4-18-2/h5-7H,3-4H2,1-2H3. The summed E-state index contributed by atoms with van der Waals surface area (Å²) in [4.78, 5) is 4.39. The Morgan fingerprint density at radius 1 is 1.50 bits per heavy atom. The number of halogens is 3. The minimum Gasteiger partial charge on any atom is -0.326 e. The van der Waals surface area contributed by atoms with Crippen LogP contribution >= 0.6 is 35.0 Å². The predicted octanol–water partition coefficient (Wildman–Crippen LogP) is 4.49. The molecule has 1 atom stereocenters. The molecule has 1 heterocycles. The first kappa shape index (κ1) is 14.0. The highest BCUT2D eigenvalue weighted by molar-refractivity contribution is 7.98. The van der Waals surface area contributed by atoms with Crippen LogP contribution in [0.15, 0.2) is 12.1 Å². The van der Waals surface area contributed by atoms with Crippen molar-refractivity contribution in [1.29, 1.82) is 0 Å². The zero-order valence-corrected chi connectivity index (χ0v) is 12.4. The molecule has 0 aliphatic rings. The maximum absolute atomic E-state index is 13.4. The summed E-state index contributed by atoms with van der Waals surface area (Å²) in [5, 5.41) is -0.109. The van der Waals surface area contributed by atoms with E-state index in [9.17, 15) is 4.39 Å². The maximum Gasteiger partial charge on any atom is 0.144 e. The van der Waals surface area contributed by atoms with Crippen molar-refractivity contribution in [3.8, 4) is 0 Å². The molecule has 0 saturated heterocycles. The lowest BCUT2D eigenvalue weighted by Gasteiger charge is -2.09. The van der Waals surface area contributed by atoms with Gasteiger partial charge in [-0.1, -0.05) is 11.6 Å². The van der Waals surface area contributed by atoms with Gasteiger partial charge < -0.3 is 4.57 Å². The quantitative estimate of drug-likeness (QED) is 0.774. The Balaban J connectivity index is 2.61. The Kier molecular flexibility index (Phi) is 4.41. The average molecular weight is 307 g/mol. The molecule has 18 heavy (non-hydrogen) atoms. The fourth-order valence-electron chi connectivity index (χ4n) is 1.86. The molecule has 0 N–H and O–H groups in total. The molecular formula is C12H13Cl2FN2S. The van der Waals surface area contributed by atoms with Crippen LogP contribution < -0.4 is 0 Å². The highest BCUT2D eigenvalue weighted by Gasteiger charge is 2.16. The van der Waals surface area contributed by atoms with Crippen LogP contribution in [0.5, 0.6) is 0 Å². The molecule has 0 radical (unpaired) electrons. The minimum absolute atomic E-state index is 0.113. The number of aromatic nitrogens is 2. The first-order valence-corrected chi connectivity index (χ1v) is 7.73. The van der Waals surface area contributed by atoms with Gasteiger partial charge >= 0.3 is 0 Å². The van der Waals surface area contributed by atoms with Gasteiger partial charge in [0.1, 0.15) is 11.6 Å². The van der Waals surface area contributed by atoms with Gasteiger partial charge in [0, 0.05) is 18.4 Å². The van der Waals surface area contributed by atoms with Crippen molar-refractivity contribution in [2.24, 2.45) is 0 Å². The summed E-state index contributed by atoms with van der Waals surface area (Å²) in [6.45, 7) is 2.64. The molecule has 1 unspecified atom stereocenters. The number of aryl methyl sites for hydroxylation is 1. The number of rotatable bonds is 4. The molecule has 0 aliphatic heterocycles. The summed E-state index contributed by atoms with van der Waals surface area (Å²) in [5.74, 6) is 1.24. The number of hydrogen-bond donors (Lipinski definition) is 0. The molecule has 2 rings (SSSR count). The normalized spacial score (nSPS) is 13.2. The van der Waals surface area contributed by atoms with E-state index in [4.69, 9.17) is 23.2 Å². The van der Waals surface area contributed by atoms with Gasteiger partial charge in [-0.2, -0.15) is 11.8 Å². The molecule has 0 bridgehead atoms. The summed E-state index contributed by atoms with van der Waals surface area (Å²) in [6.07, 6.45) is 2.04. The topological polar surface area (TPSA) is 17.8 Å². The van der Waals surface area contributed by atoms with Gasteiger partial charge in [0.15, 0.2) is 0 Å². The highest BCUT2D eigenvalue weighted by Crippen LogP contribution is 2.28. The zero-order chi connectivity index (χ0) is 13.3. The Morgan fingerprint density at radius 2 is 2.22 bits per heavy atom. The van der Waals surface area contributed by atoms with Gasteiger partial charge in [-0.05, 0) is 19.2 Å². The second-order valence-electron chi connectivity index (χ2n) is 3.99. The Labute approximate surface area is 119 Å². The second kappa shape index (κ2) is 5.68. The van der Waals surface area contributed by atoms with Crippen molar-refractivity contribution in [3.05, 3.63) is 28.8 Å². The third-order valence-corrected chi connectivity index (χ3v) is 3.77. The van der Waals surface area contributed by atoms with Crippen molar-refractivity contribution in [2.45, 2.75) is 18.8 Å². The lowest BCUT2D eigenvalue weighted by molar-refractivity contribution is 0.629. The van der Waals surface area contributed by atoms with Crippen molar-refractivity contribution >= 4 is 46.0 Å². The van der Waals surface area contributed by atoms with Crippen LogP contribution in [0.3, 0.4) is 0 Å². The number of nitrogens with zero attached hydrogens (tertiary/aromatic N) is 2. The Hall–Kier alpha value is -0.450. The van der Waals surface area contributed by atoms with Gasteiger partial charge in [-0.15, -0.1) is 11.6 Å². The van der Waals surface area contributed by atoms with Crippen LogP contribution in [0, 0.1) is 5.82 Å². The number of hydrogen-bond acceptors (Lipinski definition) is 2. The van der Waals surface area contributed by atoms with E-state index in [0.717, 1.165) is 23.6 Å². The molecule has 0 spiro atoms. The fraction of sp³-hybridized carbons (Fsp3) is 0.417. The average Bonchev–Trinajstić information content (AvgIpc) is 2.65.